The van der Waals surface area contributed by atoms with Crippen LogP contribution in [-0.2, 0) is 10.0 Å². The number of aryl methyl sites for hydroxylation is 2. The summed E-state index contributed by atoms with van der Waals surface area (Å²) in [4.78, 5) is 0.00527. The van der Waals surface area contributed by atoms with Crippen molar-refractivity contribution in [3.05, 3.63) is 47.3 Å². The number of sulfonamides is 1. The molecule has 1 aliphatic rings. The zero-order chi connectivity index (χ0) is 16.6. The van der Waals surface area contributed by atoms with E-state index < -0.39 is 15.8 Å². The van der Waals surface area contributed by atoms with Gasteiger partial charge in [0.25, 0.3) is 10.0 Å². The molecule has 1 heterocycles. The van der Waals surface area contributed by atoms with Crippen LogP contribution in [0.3, 0.4) is 0 Å². The second-order valence-corrected chi connectivity index (χ2v) is 7.01. The lowest BCUT2D eigenvalue weighted by molar-refractivity contribution is 0.171. The van der Waals surface area contributed by atoms with E-state index in [2.05, 4.69) is 4.72 Å². The average Bonchev–Trinajstić information content (AvgIpc) is 2.50. The standard InChI is InChI=1S/C16H16FNO4S/c1-10-7-12(3-4-13(10)17)23(19,20)18-14-9-16-15(8-11(14)2)21-5-6-22-16/h3-4,7-9,18H,5-6H2,1-2H3. The van der Waals surface area contributed by atoms with Gasteiger partial charge in [-0.15, -0.1) is 0 Å². The van der Waals surface area contributed by atoms with Crippen LogP contribution in [0, 0.1) is 19.7 Å². The van der Waals surface area contributed by atoms with Crippen LogP contribution in [0.4, 0.5) is 10.1 Å². The summed E-state index contributed by atoms with van der Waals surface area (Å²) in [5.74, 6) is 0.642. The number of halogens is 1. The lowest BCUT2D eigenvalue weighted by Crippen LogP contribution is -2.17. The van der Waals surface area contributed by atoms with Crippen LogP contribution in [0.15, 0.2) is 35.2 Å². The van der Waals surface area contributed by atoms with Crippen LogP contribution < -0.4 is 14.2 Å². The maximum absolute atomic E-state index is 13.3. The highest BCUT2D eigenvalue weighted by Crippen LogP contribution is 2.36. The van der Waals surface area contributed by atoms with Gasteiger partial charge in [-0.05, 0) is 49.2 Å². The Morgan fingerprint density at radius 1 is 1.00 bits per heavy atom. The molecule has 2 aromatic carbocycles. The highest BCUT2D eigenvalue weighted by atomic mass is 32.2. The summed E-state index contributed by atoms with van der Waals surface area (Å²) in [7, 11) is -3.81. The molecule has 1 aliphatic heterocycles. The zero-order valence-corrected chi connectivity index (χ0v) is 13.5. The Bertz CT molecular complexity index is 865. The molecule has 0 spiro atoms. The van der Waals surface area contributed by atoms with Crippen molar-refractivity contribution in [1.82, 2.24) is 0 Å². The first-order valence-electron chi connectivity index (χ1n) is 7.06. The molecule has 0 amide bonds. The van der Waals surface area contributed by atoms with Crippen molar-refractivity contribution in [3.8, 4) is 11.5 Å². The molecule has 3 rings (SSSR count). The van der Waals surface area contributed by atoms with Crippen molar-refractivity contribution in [1.29, 1.82) is 0 Å². The maximum atomic E-state index is 13.3. The molecule has 0 radical (unpaired) electrons. The highest BCUT2D eigenvalue weighted by molar-refractivity contribution is 7.92. The molecule has 2 aromatic rings. The van der Waals surface area contributed by atoms with Gasteiger partial charge in [-0.2, -0.15) is 0 Å². The molecule has 0 atom stereocenters. The minimum atomic E-state index is -3.81. The number of hydrogen-bond donors (Lipinski definition) is 1. The van der Waals surface area contributed by atoms with Crippen LogP contribution in [0.1, 0.15) is 11.1 Å². The number of ether oxygens (including phenoxy) is 2. The molecular weight excluding hydrogens is 321 g/mol. The summed E-state index contributed by atoms with van der Waals surface area (Å²) >= 11 is 0. The lowest BCUT2D eigenvalue weighted by atomic mass is 10.2. The molecule has 122 valence electrons. The number of benzene rings is 2. The zero-order valence-electron chi connectivity index (χ0n) is 12.7. The molecule has 7 heteroatoms. The molecule has 0 aromatic heterocycles. The third kappa shape index (κ3) is 3.10. The van der Waals surface area contributed by atoms with Crippen molar-refractivity contribution in [3.63, 3.8) is 0 Å². The van der Waals surface area contributed by atoms with E-state index in [0.717, 1.165) is 6.07 Å². The van der Waals surface area contributed by atoms with Gasteiger partial charge in [0.15, 0.2) is 11.5 Å². The van der Waals surface area contributed by atoms with Crippen molar-refractivity contribution >= 4 is 15.7 Å². The first-order chi connectivity index (χ1) is 10.9. The summed E-state index contributed by atoms with van der Waals surface area (Å²) < 4.78 is 51.7. The molecule has 0 saturated heterocycles. The predicted molar refractivity (Wildman–Crippen MR) is 84.1 cm³/mol. The summed E-state index contributed by atoms with van der Waals surface area (Å²) in [5, 5.41) is 0. The highest BCUT2D eigenvalue weighted by Gasteiger charge is 2.20. The summed E-state index contributed by atoms with van der Waals surface area (Å²) in [6.07, 6.45) is 0. The fraction of sp³-hybridized carbons (Fsp3) is 0.250. The van der Waals surface area contributed by atoms with Crippen LogP contribution in [0.5, 0.6) is 11.5 Å². The fourth-order valence-electron chi connectivity index (χ4n) is 2.29. The minimum absolute atomic E-state index is 0.00527. The molecular formula is C16H16FNO4S. The normalized spacial score (nSPS) is 13.7. The first kappa shape index (κ1) is 15.6. The Morgan fingerprint density at radius 2 is 1.65 bits per heavy atom. The molecule has 0 fully saturated rings. The second kappa shape index (κ2) is 5.73. The van der Waals surface area contributed by atoms with E-state index in [9.17, 15) is 12.8 Å². The molecule has 1 N–H and O–H groups in total. The molecule has 0 bridgehead atoms. The SMILES string of the molecule is Cc1cc(S(=O)(=O)Nc2cc3c(cc2C)OCCO3)ccc1F. The minimum Gasteiger partial charge on any atom is -0.486 e. The first-order valence-corrected chi connectivity index (χ1v) is 8.54. The predicted octanol–water partition coefficient (Wildman–Crippen LogP) is 3.01. The Hall–Kier alpha value is -2.28. The third-order valence-corrected chi connectivity index (χ3v) is 4.94. The van der Waals surface area contributed by atoms with Crippen molar-refractivity contribution < 1.29 is 22.3 Å². The smallest absolute Gasteiger partial charge is 0.261 e. The maximum Gasteiger partial charge on any atom is 0.261 e. The van der Waals surface area contributed by atoms with Crippen LogP contribution in [-0.4, -0.2) is 21.6 Å². The van der Waals surface area contributed by atoms with E-state index in [1.807, 2.05) is 0 Å². The van der Waals surface area contributed by atoms with E-state index in [4.69, 9.17) is 9.47 Å². The van der Waals surface area contributed by atoms with Gasteiger partial charge in [-0.3, -0.25) is 4.72 Å². The van der Waals surface area contributed by atoms with Gasteiger partial charge in [0.05, 0.1) is 10.6 Å². The molecule has 0 unspecified atom stereocenters. The quantitative estimate of drug-likeness (QED) is 0.935. The molecule has 0 saturated carbocycles. The Kier molecular flexibility index (Phi) is 3.89. The lowest BCUT2D eigenvalue weighted by Gasteiger charge is -2.20. The van der Waals surface area contributed by atoms with Gasteiger partial charge in [-0.1, -0.05) is 0 Å². The number of fused-ring (bicyclic) bond motifs is 1. The molecule has 23 heavy (non-hydrogen) atoms. The Labute approximate surface area is 134 Å². The Morgan fingerprint density at radius 3 is 2.30 bits per heavy atom. The van der Waals surface area contributed by atoms with Gasteiger partial charge < -0.3 is 9.47 Å². The van der Waals surface area contributed by atoms with Crippen LogP contribution >= 0.6 is 0 Å². The van der Waals surface area contributed by atoms with Crippen molar-refractivity contribution in [2.24, 2.45) is 0 Å². The van der Waals surface area contributed by atoms with E-state index in [0.29, 0.717) is 36.0 Å². The number of nitrogens with one attached hydrogen (secondary N) is 1. The summed E-state index contributed by atoms with van der Waals surface area (Å²) in [5.41, 5.74) is 1.37. The number of anilines is 1. The van der Waals surface area contributed by atoms with Crippen LogP contribution in [0.2, 0.25) is 0 Å². The van der Waals surface area contributed by atoms with E-state index in [1.165, 1.54) is 19.1 Å². The van der Waals surface area contributed by atoms with Crippen molar-refractivity contribution in [2.75, 3.05) is 17.9 Å². The van der Waals surface area contributed by atoms with Gasteiger partial charge in [0, 0.05) is 6.07 Å². The van der Waals surface area contributed by atoms with Gasteiger partial charge in [-0.25, -0.2) is 12.8 Å². The summed E-state index contributed by atoms with van der Waals surface area (Å²) in [6.45, 7) is 4.17. The monoisotopic (exact) mass is 337 g/mol. The second-order valence-electron chi connectivity index (χ2n) is 5.33. The van der Waals surface area contributed by atoms with Gasteiger partial charge in [0.1, 0.15) is 19.0 Å². The largest absolute Gasteiger partial charge is 0.486 e. The number of rotatable bonds is 3. The van der Waals surface area contributed by atoms with Gasteiger partial charge in [0.2, 0.25) is 0 Å². The van der Waals surface area contributed by atoms with Crippen molar-refractivity contribution in [2.45, 2.75) is 18.7 Å². The topological polar surface area (TPSA) is 64.6 Å². The van der Waals surface area contributed by atoms with E-state index in [1.54, 1.807) is 19.1 Å². The fourth-order valence-corrected chi connectivity index (χ4v) is 3.49. The third-order valence-electron chi connectivity index (χ3n) is 3.57. The number of hydrogen-bond acceptors (Lipinski definition) is 4. The van der Waals surface area contributed by atoms with E-state index in [-0.39, 0.29) is 10.5 Å². The van der Waals surface area contributed by atoms with Crippen LogP contribution in [0.25, 0.3) is 0 Å². The average molecular weight is 337 g/mol. The molecule has 5 nitrogen and oxygen atoms in total. The van der Waals surface area contributed by atoms with Gasteiger partial charge >= 0.3 is 0 Å². The molecule has 0 aliphatic carbocycles. The summed E-state index contributed by atoms with van der Waals surface area (Å²) in [6, 6.07) is 6.99. The Balaban J connectivity index is 1.95. The van der Waals surface area contributed by atoms with E-state index >= 15 is 0 Å².